The average Bonchev–Trinajstić information content (AvgIpc) is 2.56. The molecule has 126 valence electrons. The third kappa shape index (κ3) is 5.78. The number of hydrogen-bond acceptors (Lipinski definition) is 3. The summed E-state index contributed by atoms with van der Waals surface area (Å²) in [5, 5.41) is 6.18. The standard InChI is InChI=1S/C17H16BrClN2O2S/c1-2-11-3-6-13(7-4-11)23-10-16(22)21-17(24)20-12-5-8-14(18)15(19)9-12/h3-9H,2,10H2,1H3,(H2,20,21,22,24). The highest BCUT2D eigenvalue weighted by atomic mass is 79.9. The Morgan fingerprint density at radius 3 is 2.58 bits per heavy atom. The van der Waals surface area contributed by atoms with Gasteiger partial charge in [-0.2, -0.15) is 0 Å². The van der Waals surface area contributed by atoms with Crippen molar-refractivity contribution in [3.8, 4) is 5.75 Å². The Labute approximate surface area is 159 Å². The van der Waals surface area contributed by atoms with Gasteiger partial charge in [0.1, 0.15) is 5.75 Å². The van der Waals surface area contributed by atoms with E-state index in [4.69, 9.17) is 28.6 Å². The van der Waals surface area contributed by atoms with Crippen molar-refractivity contribution in [1.29, 1.82) is 0 Å². The molecule has 1 amide bonds. The number of thiocarbonyl (C=S) groups is 1. The Morgan fingerprint density at radius 1 is 1.25 bits per heavy atom. The van der Waals surface area contributed by atoms with Crippen LogP contribution in [0.1, 0.15) is 12.5 Å². The van der Waals surface area contributed by atoms with Crippen molar-refractivity contribution in [3.63, 3.8) is 0 Å². The Morgan fingerprint density at radius 2 is 1.96 bits per heavy atom. The molecule has 24 heavy (non-hydrogen) atoms. The first-order valence-electron chi connectivity index (χ1n) is 7.25. The number of amides is 1. The molecule has 0 heterocycles. The second-order valence-corrected chi connectivity index (χ2v) is 6.59. The Kier molecular flexibility index (Phi) is 7.02. The van der Waals surface area contributed by atoms with Gasteiger partial charge in [-0.05, 0) is 70.5 Å². The number of anilines is 1. The molecule has 0 aliphatic carbocycles. The van der Waals surface area contributed by atoms with Crippen molar-refractivity contribution in [1.82, 2.24) is 5.32 Å². The van der Waals surface area contributed by atoms with Crippen LogP contribution in [-0.4, -0.2) is 17.6 Å². The maximum Gasteiger partial charge on any atom is 0.264 e. The van der Waals surface area contributed by atoms with Gasteiger partial charge < -0.3 is 10.1 Å². The van der Waals surface area contributed by atoms with Crippen LogP contribution in [0.3, 0.4) is 0 Å². The zero-order chi connectivity index (χ0) is 17.5. The quantitative estimate of drug-likeness (QED) is 0.687. The molecule has 0 bridgehead atoms. The summed E-state index contributed by atoms with van der Waals surface area (Å²) < 4.78 is 6.21. The van der Waals surface area contributed by atoms with E-state index in [1.165, 1.54) is 5.56 Å². The third-order valence-corrected chi connectivity index (χ3v) is 4.57. The first-order chi connectivity index (χ1) is 11.5. The van der Waals surface area contributed by atoms with Crippen LogP contribution in [0.4, 0.5) is 5.69 Å². The monoisotopic (exact) mass is 426 g/mol. The first-order valence-corrected chi connectivity index (χ1v) is 8.83. The van der Waals surface area contributed by atoms with Gasteiger partial charge in [0.05, 0.1) is 5.02 Å². The summed E-state index contributed by atoms with van der Waals surface area (Å²) in [7, 11) is 0. The minimum absolute atomic E-state index is 0.117. The zero-order valence-electron chi connectivity index (χ0n) is 12.9. The largest absolute Gasteiger partial charge is 0.484 e. The van der Waals surface area contributed by atoms with Gasteiger partial charge in [-0.3, -0.25) is 10.1 Å². The summed E-state index contributed by atoms with van der Waals surface area (Å²) in [6.45, 7) is 1.96. The van der Waals surface area contributed by atoms with E-state index < -0.39 is 0 Å². The first kappa shape index (κ1) is 18.7. The van der Waals surface area contributed by atoms with E-state index in [1.807, 2.05) is 24.3 Å². The average molecular weight is 428 g/mol. The second kappa shape index (κ2) is 9.01. The van der Waals surface area contributed by atoms with Crippen molar-refractivity contribution >= 4 is 56.5 Å². The molecule has 2 aromatic carbocycles. The van der Waals surface area contributed by atoms with E-state index in [1.54, 1.807) is 18.2 Å². The smallest absolute Gasteiger partial charge is 0.264 e. The third-order valence-electron chi connectivity index (χ3n) is 3.13. The van der Waals surface area contributed by atoms with Crippen molar-refractivity contribution in [2.45, 2.75) is 13.3 Å². The fourth-order valence-electron chi connectivity index (χ4n) is 1.87. The van der Waals surface area contributed by atoms with Gasteiger partial charge >= 0.3 is 0 Å². The Bertz CT molecular complexity index is 738. The predicted octanol–water partition coefficient (Wildman–Crippen LogP) is 4.56. The van der Waals surface area contributed by atoms with Crippen LogP contribution >= 0.6 is 39.7 Å². The lowest BCUT2D eigenvalue weighted by atomic mass is 10.2. The number of halogens is 2. The molecule has 2 aromatic rings. The van der Waals surface area contributed by atoms with E-state index in [0.29, 0.717) is 16.5 Å². The number of hydrogen-bond donors (Lipinski definition) is 2. The van der Waals surface area contributed by atoms with Crippen molar-refractivity contribution in [2.75, 3.05) is 11.9 Å². The Hall–Kier alpha value is -1.63. The summed E-state index contributed by atoms with van der Waals surface area (Å²) in [4.78, 5) is 11.9. The molecule has 0 unspecified atom stereocenters. The van der Waals surface area contributed by atoms with Crippen molar-refractivity contribution in [3.05, 3.63) is 57.5 Å². The number of carbonyl (C=O) groups excluding carboxylic acids is 1. The van der Waals surface area contributed by atoms with Crippen LogP contribution in [0.5, 0.6) is 5.75 Å². The number of rotatable bonds is 5. The van der Waals surface area contributed by atoms with Gasteiger partial charge in [0.2, 0.25) is 0 Å². The normalized spacial score (nSPS) is 10.1. The van der Waals surface area contributed by atoms with E-state index in [0.717, 1.165) is 10.9 Å². The molecule has 7 heteroatoms. The van der Waals surface area contributed by atoms with E-state index in [-0.39, 0.29) is 17.6 Å². The number of benzene rings is 2. The predicted molar refractivity (Wildman–Crippen MR) is 105 cm³/mol. The molecule has 2 rings (SSSR count). The molecule has 0 radical (unpaired) electrons. The SMILES string of the molecule is CCc1ccc(OCC(=O)NC(=S)Nc2ccc(Br)c(Cl)c2)cc1. The highest BCUT2D eigenvalue weighted by Gasteiger charge is 2.07. The molecule has 0 aliphatic rings. The van der Waals surface area contributed by atoms with Gasteiger partial charge in [-0.1, -0.05) is 30.7 Å². The molecular weight excluding hydrogens is 412 g/mol. The van der Waals surface area contributed by atoms with Gasteiger partial charge in [0.25, 0.3) is 5.91 Å². The summed E-state index contributed by atoms with van der Waals surface area (Å²) in [5.41, 5.74) is 1.90. The van der Waals surface area contributed by atoms with E-state index >= 15 is 0 Å². The number of aryl methyl sites for hydroxylation is 1. The lowest BCUT2D eigenvalue weighted by Crippen LogP contribution is -2.37. The van der Waals surface area contributed by atoms with Crippen LogP contribution in [0.25, 0.3) is 0 Å². The van der Waals surface area contributed by atoms with Crippen LogP contribution in [0.2, 0.25) is 5.02 Å². The number of nitrogens with one attached hydrogen (secondary N) is 2. The van der Waals surface area contributed by atoms with Crippen molar-refractivity contribution < 1.29 is 9.53 Å². The number of carbonyl (C=O) groups is 1. The highest BCUT2D eigenvalue weighted by Crippen LogP contribution is 2.25. The second-order valence-electron chi connectivity index (χ2n) is 4.92. The van der Waals surface area contributed by atoms with Gasteiger partial charge in [-0.25, -0.2) is 0 Å². The summed E-state index contributed by atoms with van der Waals surface area (Å²) in [5.74, 6) is 0.302. The van der Waals surface area contributed by atoms with Gasteiger partial charge in [-0.15, -0.1) is 0 Å². The molecule has 0 saturated heterocycles. The van der Waals surface area contributed by atoms with Gasteiger partial charge in [0, 0.05) is 10.2 Å². The molecular formula is C17H16BrClN2O2S. The molecule has 0 aromatic heterocycles. The maximum absolute atomic E-state index is 11.9. The minimum Gasteiger partial charge on any atom is -0.484 e. The fourth-order valence-corrected chi connectivity index (χ4v) is 2.53. The van der Waals surface area contributed by atoms with Crippen LogP contribution in [0, 0.1) is 0 Å². The topological polar surface area (TPSA) is 50.4 Å². The van der Waals surface area contributed by atoms with E-state index in [9.17, 15) is 4.79 Å². The molecule has 0 fully saturated rings. The molecule has 2 N–H and O–H groups in total. The molecule has 0 atom stereocenters. The lowest BCUT2D eigenvalue weighted by Gasteiger charge is -2.11. The van der Waals surface area contributed by atoms with E-state index in [2.05, 4.69) is 33.5 Å². The van der Waals surface area contributed by atoms with Crippen LogP contribution in [-0.2, 0) is 11.2 Å². The molecule has 0 saturated carbocycles. The lowest BCUT2D eigenvalue weighted by molar-refractivity contribution is -0.121. The van der Waals surface area contributed by atoms with Crippen LogP contribution < -0.4 is 15.4 Å². The Balaban J connectivity index is 1.80. The van der Waals surface area contributed by atoms with Crippen molar-refractivity contribution in [2.24, 2.45) is 0 Å². The number of ether oxygens (including phenoxy) is 1. The summed E-state index contributed by atoms with van der Waals surface area (Å²) in [6.07, 6.45) is 0.959. The fraction of sp³-hybridized carbons (Fsp3) is 0.176. The maximum atomic E-state index is 11.9. The zero-order valence-corrected chi connectivity index (χ0v) is 16.1. The summed E-state index contributed by atoms with van der Waals surface area (Å²) >= 11 is 14.4. The molecule has 0 aliphatic heterocycles. The molecule has 0 spiro atoms. The molecule has 4 nitrogen and oxygen atoms in total. The summed E-state index contributed by atoms with van der Waals surface area (Å²) in [6, 6.07) is 12.9. The highest BCUT2D eigenvalue weighted by molar-refractivity contribution is 9.10. The minimum atomic E-state index is -0.338. The van der Waals surface area contributed by atoms with Gasteiger partial charge in [0.15, 0.2) is 11.7 Å². The van der Waals surface area contributed by atoms with Crippen LogP contribution in [0.15, 0.2) is 46.9 Å².